The van der Waals surface area contributed by atoms with Gasteiger partial charge in [0.1, 0.15) is 0 Å². The molecule has 0 spiro atoms. The predicted molar refractivity (Wildman–Crippen MR) is 51.4 cm³/mol. The van der Waals surface area contributed by atoms with Crippen molar-refractivity contribution >= 4 is 22.5 Å². The number of hydrogen-bond acceptors (Lipinski definition) is 4. The molecule has 0 aliphatic heterocycles. The van der Waals surface area contributed by atoms with Crippen LogP contribution < -0.4 is 0 Å². The van der Waals surface area contributed by atoms with E-state index in [2.05, 4.69) is 21.0 Å². The van der Waals surface area contributed by atoms with Gasteiger partial charge in [0.15, 0.2) is 0 Å². The van der Waals surface area contributed by atoms with Crippen molar-refractivity contribution in [3.8, 4) is 0 Å². The summed E-state index contributed by atoms with van der Waals surface area (Å²) in [7, 11) is 0. The van der Waals surface area contributed by atoms with Gasteiger partial charge in [0.2, 0.25) is 5.13 Å². The molecule has 0 unspecified atom stereocenters. The van der Waals surface area contributed by atoms with E-state index in [1.807, 2.05) is 26.2 Å². The summed E-state index contributed by atoms with van der Waals surface area (Å²) < 4.78 is 0. The molecule has 0 aliphatic carbocycles. The summed E-state index contributed by atoms with van der Waals surface area (Å²) >= 11 is 1.47. The van der Waals surface area contributed by atoms with E-state index < -0.39 is 0 Å². The molecule has 0 saturated heterocycles. The van der Waals surface area contributed by atoms with Crippen molar-refractivity contribution < 1.29 is 0 Å². The van der Waals surface area contributed by atoms with Crippen LogP contribution in [0.25, 0.3) is 0 Å². The fraction of sp³-hybridized carbons (Fsp3) is 0.500. The van der Waals surface area contributed by atoms with E-state index in [1.54, 1.807) is 6.20 Å². The molecule has 4 heteroatoms. The SMILES string of the molecule is CC(C)(C)N=C=Nc1nccs1. The van der Waals surface area contributed by atoms with Gasteiger partial charge in [0.25, 0.3) is 0 Å². The first-order valence-corrected chi connectivity index (χ1v) is 4.53. The van der Waals surface area contributed by atoms with Gasteiger partial charge < -0.3 is 0 Å². The molecule has 0 fully saturated rings. The van der Waals surface area contributed by atoms with Gasteiger partial charge in [-0.3, -0.25) is 0 Å². The van der Waals surface area contributed by atoms with Crippen LogP contribution >= 0.6 is 11.3 Å². The lowest BCUT2D eigenvalue weighted by Crippen LogP contribution is -2.07. The number of nitrogens with zero attached hydrogens (tertiary/aromatic N) is 3. The van der Waals surface area contributed by atoms with Crippen LogP contribution in [0.3, 0.4) is 0 Å². The molecule has 1 rings (SSSR count). The molecule has 0 radical (unpaired) electrons. The molecule has 0 N–H and O–H groups in total. The van der Waals surface area contributed by atoms with Gasteiger partial charge in [-0.1, -0.05) is 0 Å². The molecule has 12 heavy (non-hydrogen) atoms. The largest absolute Gasteiger partial charge is 0.226 e. The number of hydrogen-bond donors (Lipinski definition) is 0. The number of aromatic nitrogens is 1. The standard InChI is InChI=1S/C8H11N3S/c1-8(2,3)11-6-10-7-9-4-5-12-7/h4-5H,1-3H3. The third-order valence-electron chi connectivity index (χ3n) is 0.950. The van der Waals surface area contributed by atoms with E-state index in [4.69, 9.17) is 0 Å². The lowest BCUT2D eigenvalue weighted by molar-refractivity contribution is 0.587. The summed E-state index contributed by atoms with van der Waals surface area (Å²) in [5.41, 5.74) is -0.110. The summed E-state index contributed by atoms with van der Waals surface area (Å²) in [6, 6.07) is 2.63. The van der Waals surface area contributed by atoms with Gasteiger partial charge in [-0.2, -0.15) is 4.99 Å². The topological polar surface area (TPSA) is 37.6 Å². The summed E-state index contributed by atoms with van der Waals surface area (Å²) in [6.45, 7) is 5.99. The molecule has 0 aliphatic rings. The van der Waals surface area contributed by atoms with Crippen molar-refractivity contribution in [3.63, 3.8) is 0 Å². The maximum Gasteiger partial charge on any atom is 0.219 e. The van der Waals surface area contributed by atoms with E-state index in [1.165, 1.54) is 11.3 Å². The average molecular weight is 181 g/mol. The van der Waals surface area contributed by atoms with Gasteiger partial charge in [-0.15, -0.1) is 11.3 Å². The molecular weight excluding hydrogens is 170 g/mol. The quantitative estimate of drug-likeness (QED) is 0.614. The Kier molecular flexibility index (Phi) is 2.74. The van der Waals surface area contributed by atoms with Crippen LogP contribution in [0.2, 0.25) is 0 Å². The van der Waals surface area contributed by atoms with E-state index in [9.17, 15) is 0 Å². The summed E-state index contributed by atoms with van der Waals surface area (Å²) in [5.74, 6) is 0. The highest BCUT2D eigenvalue weighted by atomic mass is 32.1. The Morgan fingerprint density at radius 2 is 2.25 bits per heavy atom. The molecule has 3 nitrogen and oxygen atoms in total. The fourth-order valence-electron chi connectivity index (χ4n) is 0.489. The Balaban J connectivity index is 2.69. The zero-order valence-electron chi connectivity index (χ0n) is 7.40. The lowest BCUT2D eigenvalue weighted by atomic mass is 10.1. The molecule has 0 bridgehead atoms. The first-order valence-electron chi connectivity index (χ1n) is 3.65. The Bertz CT molecular complexity index is 289. The van der Waals surface area contributed by atoms with Crippen LogP contribution in [0.4, 0.5) is 5.13 Å². The molecular formula is C8H11N3S. The van der Waals surface area contributed by atoms with Crippen molar-refractivity contribution in [2.75, 3.05) is 0 Å². The third kappa shape index (κ3) is 3.42. The maximum atomic E-state index is 4.08. The maximum absolute atomic E-state index is 4.08. The second-order valence-electron chi connectivity index (χ2n) is 3.31. The lowest BCUT2D eigenvalue weighted by Gasteiger charge is -2.06. The summed E-state index contributed by atoms with van der Waals surface area (Å²) in [6.07, 6.45) is 1.71. The van der Waals surface area contributed by atoms with Crippen molar-refractivity contribution in [1.82, 2.24) is 4.98 Å². The molecule has 0 amide bonds. The molecule has 1 aromatic rings. The monoisotopic (exact) mass is 181 g/mol. The number of aliphatic imine (C=N–C) groups is 2. The Morgan fingerprint density at radius 1 is 1.50 bits per heavy atom. The van der Waals surface area contributed by atoms with E-state index in [0.29, 0.717) is 5.13 Å². The van der Waals surface area contributed by atoms with Gasteiger partial charge in [0, 0.05) is 11.6 Å². The average Bonchev–Trinajstić information content (AvgIpc) is 2.36. The summed E-state index contributed by atoms with van der Waals surface area (Å²) in [4.78, 5) is 12.0. The molecule has 64 valence electrons. The smallest absolute Gasteiger partial charge is 0.219 e. The third-order valence-corrected chi connectivity index (χ3v) is 1.62. The van der Waals surface area contributed by atoms with Crippen molar-refractivity contribution in [1.29, 1.82) is 0 Å². The van der Waals surface area contributed by atoms with Crippen LogP contribution in [0.5, 0.6) is 0 Å². The molecule has 0 atom stereocenters. The predicted octanol–water partition coefficient (Wildman–Crippen LogP) is 2.75. The van der Waals surface area contributed by atoms with Crippen LogP contribution in [-0.2, 0) is 0 Å². The Morgan fingerprint density at radius 3 is 2.75 bits per heavy atom. The highest BCUT2D eigenvalue weighted by Gasteiger charge is 2.04. The fourth-order valence-corrected chi connectivity index (χ4v) is 0.948. The highest BCUT2D eigenvalue weighted by molar-refractivity contribution is 7.13. The van der Waals surface area contributed by atoms with Crippen LogP contribution in [0.1, 0.15) is 20.8 Å². The summed E-state index contributed by atoms with van der Waals surface area (Å²) in [5, 5.41) is 2.57. The minimum atomic E-state index is -0.110. The molecule has 1 aromatic heterocycles. The second-order valence-corrected chi connectivity index (χ2v) is 4.18. The minimum absolute atomic E-state index is 0.110. The van der Waals surface area contributed by atoms with Crippen molar-refractivity contribution in [2.24, 2.45) is 9.98 Å². The van der Waals surface area contributed by atoms with Crippen molar-refractivity contribution in [3.05, 3.63) is 11.6 Å². The van der Waals surface area contributed by atoms with Crippen molar-refractivity contribution in [2.45, 2.75) is 26.3 Å². The Labute approximate surface area is 75.9 Å². The first-order chi connectivity index (χ1) is 5.58. The van der Waals surface area contributed by atoms with Gasteiger partial charge >= 0.3 is 0 Å². The van der Waals surface area contributed by atoms with E-state index >= 15 is 0 Å². The zero-order chi connectivity index (χ0) is 9.03. The van der Waals surface area contributed by atoms with Gasteiger partial charge in [-0.25, -0.2) is 9.98 Å². The van der Waals surface area contributed by atoms with E-state index in [-0.39, 0.29) is 5.54 Å². The van der Waals surface area contributed by atoms with Crippen LogP contribution in [0.15, 0.2) is 21.6 Å². The second kappa shape index (κ2) is 3.61. The highest BCUT2D eigenvalue weighted by Crippen LogP contribution is 2.13. The van der Waals surface area contributed by atoms with Gasteiger partial charge in [-0.05, 0) is 20.8 Å². The molecule has 0 saturated carbocycles. The zero-order valence-corrected chi connectivity index (χ0v) is 8.22. The van der Waals surface area contributed by atoms with Crippen LogP contribution in [-0.4, -0.2) is 16.5 Å². The normalized spacial score (nSPS) is 10.6. The van der Waals surface area contributed by atoms with Crippen LogP contribution in [0, 0.1) is 0 Å². The van der Waals surface area contributed by atoms with E-state index in [0.717, 1.165) is 0 Å². The Hall–Kier alpha value is -0.990. The number of rotatable bonds is 1. The molecule has 1 heterocycles. The minimum Gasteiger partial charge on any atom is -0.226 e. The molecule has 0 aromatic carbocycles. The van der Waals surface area contributed by atoms with Gasteiger partial charge in [0.05, 0.1) is 11.5 Å². The first kappa shape index (κ1) is 9.10. The number of thiazole rings is 1.